The summed E-state index contributed by atoms with van der Waals surface area (Å²) in [6.07, 6.45) is 2.64. The standard InChI is InChI=1S/C28H24FN5/c29-19-9-11-24-23(16-19)25(13-14-30-24)32-22-10-12-26-27(17-22)34-28(33-26)18-5-4-8-21(15-18)31-20-6-2-1-3-7-20/h1-8,10,12-15,17,19,31H,9,11,16H2,(H,30,32)(H,33,34). The van der Waals surface area contributed by atoms with E-state index in [0.717, 1.165) is 56.4 Å². The number of fused-ring (bicyclic) bond motifs is 2. The number of nitrogens with zero attached hydrogens (tertiary/aromatic N) is 2. The van der Waals surface area contributed by atoms with Crippen LogP contribution in [0.2, 0.25) is 0 Å². The van der Waals surface area contributed by atoms with Crippen molar-refractivity contribution < 1.29 is 4.39 Å². The summed E-state index contributed by atoms with van der Waals surface area (Å²) in [6.45, 7) is 0. The van der Waals surface area contributed by atoms with Crippen molar-refractivity contribution in [2.75, 3.05) is 10.6 Å². The molecule has 168 valence electrons. The first-order valence-electron chi connectivity index (χ1n) is 11.5. The second-order valence-electron chi connectivity index (χ2n) is 8.64. The number of pyridine rings is 1. The fourth-order valence-corrected chi connectivity index (χ4v) is 4.52. The number of alkyl halides is 1. The normalized spacial score (nSPS) is 15.1. The highest BCUT2D eigenvalue weighted by Gasteiger charge is 2.21. The molecule has 0 saturated carbocycles. The molecule has 2 aromatic heterocycles. The van der Waals surface area contributed by atoms with Crippen LogP contribution in [-0.4, -0.2) is 21.1 Å². The third kappa shape index (κ3) is 4.10. The number of benzene rings is 3. The van der Waals surface area contributed by atoms with Crippen LogP contribution in [0.5, 0.6) is 0 Å². The molecule has 0 radical (unpaired) electrons. The van der Waals surface area contributed by atoms with Gasteiger partial charge in [0.2, 0.25) is 0 Å². The molecule has 1 aliphatic rings. The number of rotatable bonds is 5. The maximum absolute atomic E-state index is 14.0. The lowest BCUT2D eigenvalue weighted by atomic mass is 9.93. The van der Waals surface area contributed by atoms with Crippen LogP contribution in [0.15, 0.2) is 85.1 Å². The van der Waals surface area contributed by atoms with Crippen molar-refractivity contribution in [3.8, 4) is 11.4 Å². The van der Waals surface area contributed by atoms with Crippen molar-refractivity contribution in [3.63, 3.8) is 0 Å². The highest BCUT2D eigenvalue weighted by atomic mass is 19.1. The zero-order valence-electron chi connectivity index (χ0n) is 18.6. The number of hydrogen-bond donors (Lipinski definition) is 3. The van der Waals surface area contributed by atoms with Gasteiger partial charge in [0, 0.05) is 46.6 Å². The summed E-state index contributed by atoms with van der Waals surface area (Å²) in [5.74, 6) is 0.811. The number of halogens is 1. The first kappa shape index (κ1) is 20.4. The summed E-state index contributed by atoms with van der Waals surface area (Å²) in [6, 6.07) is 26.2. The largest absolute Gasteiger partial charge is 0.356 e. The molecule has 6 rings (SSSR count). The van der Waals surface area contributed by atoms with Crippen molar-refractivity contribution >= 4 is 33.8 Å². The van der Waals surface area contributed by atoms with E-state index in [9.17, 15) is 4.39 Å². The predicted octanol–water partition coefficient (Wildman–Crippen LogP) is 6.94. The lowest BCUT2D eigenvalue weighted by Crippen LogP contribution is -2.17. The Labute approximate surface area is 197 Å². The van der Waals surface area contributed by atoms with Crippen LogP contribution in [0.25, 0.3) is 22.4 Å². The number of aromatic nitrogens is 3. The molecule has 1 unspecified atom stereocenters. The molecule has 34 heavy (non-hydrogen) atoms. The molecule has 3 aromatic carbocycles. The minimum Gasteiger partial charge on any atom is -0.356 e. The van der Waals surface area contributed by atoms with E-state index in [4.69, 9.17) is 4.98 Å². The third-order valence-electron chi connectivity index (χ3n) is 6.22. The van der Waals surface area contributed by atoms with Crippen LogP contribution in [-0.2, 0) is 12.8 Å². The van der Waals surface area contributed by atoms with E-state index in [1.807, 2.05) is 72.8 Å². The average Bonchev–Trinajstić information content (AvgIpc) is 3.29. The number of hydrogen-bond acceptors (Lipinski definition) is 4. The Bertz CT molecular complexity index is 1460. The molecule has 0 saturated heterocycles. The zero-order chi connectivity index (χ0) is 22.9. The molecule has 0 aliphatic heterocycles. The second-order valence-corrected chi connectivity index (χ2v) is 8.64. The van der Waals surface area contributed by atoms with Crippen LogP contribution in [0, 0.1) is 0 Å². The van der Waals surface area contributed by atoms with E-state index in [1.165, 1.54) is 0 Å². The van der Waals surface area contributed by atoms with Gasteiger partial charge in [0.15, 0.2) is 0 Å². The molecule has 6 heteroatoms. The monoisotopic (exact) mass is 449 g/mol. The summed E-state index contributed by atoms with van der Waals surface area (Å²) in [5, 5.41) is 6.89. The number of aromatic amines is 1. The van der Waals surface area contributed by atoms with Crippen LogP contribution in [0.3, 0.4) is 0 Å². The maximum Gasteiger partial charge on any atom is 0.138 e. The quantitative estimate of drug-likeness (QED) is 0.272. The molecule has 0 bridgehead atoms. The molecule has 0 fully saturated rings. The van der Waals surface area contributed by atoms with Crippen molar-refractivity contribution in [2.24, 2.45) is 0 Å². The van der Waals surface area contributed by atoms with E-state index in [2.05, 4.69) is 26.7 Å². The van der Waals surface area contributed by atoms with Crippen molar-refractivity contribution in [1.29, 1.82) is 0 Å². The van der Waals surface area contributed by atoms with Crippen LogP contribution >= 0.6 is 0 Å². The highest BCUT2D eigenvalue weighted by Crippen LogP contribution is 2.31. The minimum absolute atomic E-state index is 0.412. The van der Waals surface area contributed by atoms with Crippen molar-refractivity contribution in [1.82, 2.24) is 15.0 Å². The maximum atomic E-state index is 14.0. The van der Waals surface area contributed by atoms with E-state index in [1.54, 1.807) is 6.20 Å². The Morgan fingerprint density at radius 2 is 1.71 bits per heavy atom. The molecule has 2 heterocycles. The first-order chi connectivity index (χ1) is 16.7. The lowest BCUT2D eigenvalue weighted by molar-refractivity contribution is 0.300. The number of aryl methyl sites for hydroxylation is 1. The summed E-state index contributed by atoms with van der Waals surface area (Å²) in [4.78, 5) is 12.7. The molecular formula is C28H24FN5. The number of H-pyrrole nitrogens is 1. The van der Waals surface area contributed by atoms with Gasteiger partial charge in [0.05, 0.1) is 11.0 Å². The molecule has 1 atom stereocenters. The Hall–Kier alpha value is -4.19. The van der Waals surface area contributed by atoms with E-state index in [0.29, 0.717) is 19.3 Å². The van der Waals surface area contributed by atoms with Gasteiger partial charge < -0.3 is 15.6 Å². The molecule has 3 N–H and O–H groups in total. The van der Waals surface area contributed by atoms with Crippen molar-refractivity contribution in [3.05, 3.63) is 96.3 Å². The van der Waals surface area contributed by atoms with Crippen LogP contribution in [0.1, 0.15) is 17.7 Å². The van der Waals surface area contributed by atoms with Gasteiger partial charge in [0.1, 0.15) is 12.0 Å². The zero-order valence-corrected chi connectivity index (χ0v) is 18.6. The highest BCUT2D eigenvalue weighted by molar-refractivity contribution is 5.84. The Morgan fingerprint density at radius 3 is 2.62 bits per heavy atom. The number of imidazole rings is 1. The smallest absolute Gasteiger partial charge is 0.138 e. The first-order valence-corrected chi connectivity index (χ1v) is 11.5. The SMILES string of the molecule is FC1CCc2nccc(Nc3ccc4nc(-c5cccc(Nc6ccccc6)c5)[nH]c4c3)c2C1. The van der Waals surface area contributed by atoms with Crippen molar-refractivity contribution in [2.45, 2.75) is 25.4 Å². The number of para-hydroxylation sites is 1. The molecule has 0 spiro atoms. The van der Waals surface area contributed by atoms with Gasteiger partial charge in [-0.3, -0.25) is 4.98 Å². The Morgan fingerprint density at radius 1 is 0.853 bits per heavy atom. The lowest BCUT2D eigenvalue weighted by Gasteiger charge is -2.21. The average molecular weight is 450 g/mol. The molecule has 5 aromatic rings. The molecular weight excluding hydrogens is 425 g/mol. The minimum atomic E-state index is -0.804. The van der Waals surface area contributed by atoms with Gasteiger partial charge >= 0.3 is 0 Å². The summed E-state index contributed by atoms with van der Waals surface area (Å²) >= 11 is 0. The summed E-state index contributed by atoms with van der Waals surface area (Å²) in [7, 11) is 0. The van der Waals surface area contributed by atoms with Crippen LogP contribution < -0.4 is 10.6 Å². The third-order valence-corrected chi connectivity index (χ3v) is 6.22. The number of anilines is 4. The topological polar surface area (TPSA) is 65.6 Å². The van der Waals surface area contributed by atoms with E-state index < -0.39 is 6.17 Å². The Balaban J connectivity index is 1.27. The predicted molar refractivity (Wildman–Crippen MR) is 136 cm³/mol. The van der Waals surface area contributed by atoms with Crippen LogP contribution in [0.4, 0.5) is 27.1 Å². The number of nitrogens with one attached hydrogen (secondary N) is 3. The van der Waals surface area contributed by atoms with Gasteiger partial charge in [-0.25, -0.2) is 9.37 Å². The fourth-order valence-electron chi connectivity index (χ4n) is 4.52. The van der Waals surface area contributed by atoms with Gasteiger partial charge in [-0.05, 0) is 66.9 Å². The van der Waals surface area contributed by atoms with E-state index >= 15 is 0 Å². The van der Waals surface area contributed by atoms with Gasteiger partial charge in [0.25, 0.3) is 0 Å². The molecule has 5 nitrogen and oxygen atoms in total. The summed E-state index contributed by atoms with van der Waals surface area (Å²) < 4.78 is 14.0. The Kier molecular flexibility index (Phi) is 5.18. The second kappa shape index (κ2) is 8.63. The summed E-state index contributed by atoms with van der Waals surface area (Å²) in [5.41, 5.74) is 8.70. The van der Waals surface area contributed by atoms with Gasteiger partial charge in [-0.2, -0.15) is 0 Å². The van der Waals surface area contributed by atoms with E-state index in [-0.39, 0.29) is 0 Å². The fraction of sp³-hybridized carbons (Fsp3) is 0.143. The molecule has 0 amide bonds. The van der Waals surface area contributed by atoms with Gasteiger partial charge in [-0.1, -0.05) is 30.3 Å². The molecule has 1 aliphatic carbocycles. The van der Waals surface area contributed by atoms with Gasteiger partial charge in [-0.15, -0.1) is 0 Å².